The molecule has 1 unspecified atom stereocenters. The molecule has 0 aromatic heterocycles. The molecule has 2 heteroatoms. The number of hydrogen-bond donors (Lipinski definition) is 0. The van der Waals surface area contributed by atoms with E-state index >= 15 is 0 Å². The minimum absolute atomic E-state index is 0.745. The lowest BCUT2D eigenvalue weighted by molar-refractivity contribution is 0.203. The van der Waals surface area contributed by atoms with Gasteiger partial charge in [0.15, 0.2) is 0 Å². The van der Waals surface area contributed by atoms with Gasteiger partial charge in [-0.2, -0.15) is 0 Å². The van der Waals surface area contributed by atoms with Gasteiger partial charge in [-0.15, -0.1) is 0 Å². The fourth-order valence-corrected chi connectivity index (χ4v) is 6.34. The number of allylic oxidation sites excluding steroid dienone is 4. The Balaban J connectivity index is 1.99. The summed E-state index contributed by atoms with van der Waals surface area (Å²) in [5.41, 5.74) is 0. The number of nitrogens with zero attached hydrogens (tertiary/aromatic N) is 2. The largest absolute Gasteiger partial charge is 0.362 e. The third-order valence-electron chi connectivity index (χ3n) is 9.22. The van der Waals surface area contributed by atoms with Crippen molar-refractivity contribution in [3.05, 3.63) is 36.7 Å². The molecule has 1 atom stereocenters. The van der Waals surface area contributed by atoms with E-state index in [-0.39, 0.29) is 0 Å². The van der Waals surface area contributed by atoms with Gasteiger partial charge in [0.2, 0.25) is 0 Å². The summed E-state index contributed by atoms with van der Waals surface area (Å²) in [7, 11) is 2.21. The summed E-state index contributed by atoms with van der Waals surface area (Å²) >= 11 is 0. The van der Waals surface area contributed by atoms with Crippen molar-refractivity contribution < 1.29 is 0 Å². The zero-order valence-corrected chi connectivity index (χ0v) is 29.1. The molecule has 0 spiro atoms. The van der Waals surface area contributed by atoms with E-state index in [1.54, 1.807) is 0 Å². The van der Waals surface area contributed by atoms with Gasteiger partial charge in [-0.25, -0.2) is 0 Å². The van der Waals surface area contributed by atoms with Gasteiger partial charge in [0.25, 0.3) is 0 Å². The topological polar surface area (TPSA) is 6.48 Å². The molecule has 0 radical (unpaired) electrons. The van der Waals surface area contributed by atoms with E-state index < -0.39 is 0 Å². The minimum atomic E-state index is 0.745. The van der Waals surface area contributed by atoms with Crippen LogP contribution in [0.5, 0.6) is 0 Å². The highest BCUT2D eigenvalue weighted by molar-refractivity contribution is 4.92. The predicted octanol–water partition coefficient (Wildman–Crippen LogP) is 13.5. The Morgan fingerprint density at radius 2 is 0.786 bits per heavy atom. The maximum absolute atomic E-state index is 2.62. The Hall–Kier alpha value is -1.18. The Labute approximate surface area is 265 Å². The van der Waals surface area contributed by atoms with E-state index in [9.17, 15) is 0 Å². The van der Waals surface area contributed by atoms with E-state index in [0.29, 0.717) is 0 Å². The van der Waals surface area contributed by atoms with Crippen LogP contribution in [0.2, 0.25) is 0 Å². The lowest BCUT2D eigenvalue weighted by Gasteiger charge is -2.29. The van der Waals surface area contributed by atoms with Crippen LogP contribution < -0.4 is 0 Å². The summed E-state index contributed by atoms with van der Waals surface area (Å²) in [6.07, 6.45) is 54.8. The number of hydrogen-bond acceptors (Lipinski definition) is 2. The second-order valence-electron chi connectivity index (χ2n) is 13.5. The summed E-state index contributed by atoms with van der Waals surface area (Å²) < 4.78 is 0. The standard InChI is InChI=1S/C40H76N2/c1-4-6-8-10-12-14-16-18-20-22-24-26-28-30-32-34-36-40(42-38-37-41(3)39-42)35-33-31-29-27-25-23-21-19-17-15-13-11-9-7-5-2/h17-20,37-38,40H,4-16,21-36,39H2,1-3H3. The highest BCUT2D eigenvalue weighted by Gasteiger charge is 2.19. The van der Waals surface area contributed by atoms with Crippen LogP contribution in [0.1, 0.15) is 200 Å². The van der Waals surface area contributed by atoms with Crippen LogP contribution in [0.4, 0.5) is 0 Å². The van der Waals surface area contributed by atoms with Gasteiger partial charge >= 0.3 is 0 Å². The molecule has 0 amide bonds. The van der Waals surface area contributed by atoms with Gasteiger partial charge in [0.05, 0.1) is 6.67 Å². The second-order valence-corrected chi connectivity index (χ2v) is 13.5. The first-order chi connectivity index (χ1) is 20.8. The molecule has 1 aliphatic rings. The summed E-state index contributed by atoms with van der Waals surface area (Å²) in [5.74, 6) is 0. The van der Waals surface area contributed by atoms with Gasteiger partial charge in [-0.05, 0) is 64.2 Å². The molecule has 0 fully saturated rings. The molecule has 1 aliphatic heterocycles. The van der Waals surface area contributed by atoms with Crippen molar-refractivity contribution in [3.8, 4) is 0 Å². The average molecular weight is 585 g/mol. The summed E-state index contributed by atoms with van der Waals surface area (Å²) in [4.78, 5) is 4.95. The summed E-state index contributed by atoms with van der Waals surface area (Å²) in [6.45, 7) is 5.68. The van der Waals surface area contributed by atoms with Crippen molar-refractivity contribution >= 4 is 0 Å². The summed E-state index contributed by atoms with van der Waals surface area (Å²) in [6, 6.07) is 0.745. The first-order valence-electron chi connectivity index (χ1n) is 19.2. The monoisotopic (exact) mass is 585 g/mol. The van der Waals surface area contributed by atoms with Crippen LogP contribution in [0.25, 0.3) is 0 Å². The molecule has 0 N–H and O–H groups in total. The number of rotatable bonds is 32. The van der Waals surface area contributed by atoms with Gasteiger partial charge in [0.1, 0.15) is 0 Å². The van der Waals surface area contributed by atoms with E-state index in [1.165, 1.54) is 186 Å². The molecule has 42 heavy (non-hydrogen) atoms. The molecule has 1 rings (SSSR count). The third kappa shape index (κ3) is 25.3. The Morgan fingerprint density at radius 3 is 1.12 bits per heavy atom. The van der Waals surface area contributed by atoms with Gasteiger partial charge in [-0.1, -0.05) is 160 Å². The highest BCUT2D eigenvalue weighted by Crippen LogP contribution is 2.22. The SMILES string of the molecule is CCCCCCCC=CCCCCCCCCC(CCCCCCCCC=CCCCCCCCC)N1C=CN(C)C1. The fraction of sp³-hybridized carbons (Fsp3) is 0.850. The van der Waals surface area contributed by atoms with Crippen LogP contribution in [0.3, 0.4) is 0 Å². The molecular formula is C40H76N2. The molecule has 0 aromatic rings. The predicted molar refractivity (Wildman–Crippen MR) is 191 cm³/mol. The smallest absolute Gasteiger partial charge is 0.0893 e. The third-order valence-corrected chi connectivity index (χ3v) is 9.22. The van der Waals surface area contributed by atoms with Crippen LogP contribution in [0.15, 0.2) is 36.7 Å². The first kappa shape index (κ1) is 38.8. The Morgan fingerprint density at radius 1 is 0.452 bits per heavy atom. The van der Waals surface area contributed by atoms with Gasteiger partial charge < -0.3 is 9.80 Å². The Kier molecular flexibility index (Phi) is 28.9. The maximum Gasteiger partial charge on any atom is 0.0893 e. The van der Waals surface area contributed by atoms with Crippen LogP contribution in [-0.2, 0) is 0 Å². The van der Waals surface area contributed by atoms with Crippen molar-refractivity contribution in [2.75, 3.05) is 13.7 Å². The maximum atomic E-state index is 2.62. The van der Waals surface area contributed by atoms with Crippen molar-refractivity contribution in [3.63, 3.8) is 0 Å². The van der Waals surface area contributed by atoms with Crippen LogP contribution in [0, 0.1) is 0 Å². The van der Waals surface area contributed by atoms with E-state index in [4.69, 9.17) is 0 Å². The lowest BCUT2D eigenvalue weighted by atomic mass is 9.99. The molecule has 0 aromatic carbocycles. The average Bonchev–Trinajstić information content (AvgIpc) is 3.43. The second kappa shape index (κ2) is 31.3. The van der Waals surface area contributed by atoms with Crippen molar-refractivity contribution in [2.24, 2.45) is 0 Å². The van der Waals surface area contributed by atoms with Crippen molar-refractivity contribution in [1.82, 2.24) is 9.80 Å². The van der Waals surface area contributed by atoms with Gasteiger partial charge in [-0.3, -0.25) is 0 Å². The highest BCUT2D eigenvalue weighted by atomic mass is 15.3. The molecule has 0 bridgehead atoms. The quantitative estimate of drug-likeness (QED) is 0.0573. The molecule has 246 valence electrons. The zero-order valence-electron chi connectivity index (χ0n) is 29.1. The molecule has 2 nitrogen and oxygen atoms in total. The van der Waals surface area contributed by atoms with Crippen LogP contribution >= 0.6 is 0 Å². The fourth-order valence-electron chi connectivity index (χ4n) is 6.34. The zero-order chi connectivity index (χ0) is 30.2. The van der Waals surface area contributed by atoms with E-state index in [1.807, 2.05) is 0 Å². The molecule has 0 saturated heterocycles. The van der Waals surface area contributed by atoms with Crippen LogP contribution in [-0.4, -0.2) is 29.6 Å². The molecule has 1 heterocycles. The van der Waals surface area contributed by atoms with E-state index in [0.717, 1.165) is 12.7 Å². The molecular weight excluding hydrogens is 508 g/mol. The first-order valence-corrected chi connectivity index (χ1v) is 19.2. The minimum Gasteiger partial charge on any atom is -0.362 e. The lowest BCUT2D eigenvalue weighted by Crippen LogP contribution is -2.33. The Bertz CT molecular complexity index is 621. The van der Waals surface area contributed by atoms with Gasteiger partial charge in [0, 0.05) is 25.5 Å². The van der Waals surface area contributed by atoms with Crippen molar-refractivity contribution in [2.45, 2.75) is 206 Å². The molecule has 0 saturated carbocycles. The van der Waals surface area contributed by atoms with E-state index in [2.05, 4.69) is 67.4 Å². The van der Waals surface area contributed by atoms with Crippen molar-refractivity contribution in [1.29, 1.82) is 0 Å². The number of unbranched alkanes of at least 4 members (excludes halogenated alkanes) is 23. The normalized spacial score (nSPS) is 14.4. The molecule has 0 aliphatic carbocycles. The summed E-state index contributed by atoms with van der Waals surface area (Å²) in [5, 5.41) is 0.